The molecule has 3 heteroatoms. The molecule has 0 bridgehead atoms. The Morgan fingerprint density at radius 2 is 2.35 bits per heavy atom. The number of hydrogen-bond donors (Lipinski definition) is 1. The molecule has 3 rings (SSSR count). The maximum Gasteiger partial charge on any atom is 0.120 e. The highest BCUT2D eigenvalue weighted by Crippen LogP contribution is 2.41. The van der Waals surface area contributed by atoms with Gasteiger partial charge in [0.25, 0.3) is 0 Å². The third kappa shape index (κ3) is 2.14. The van der Waals surface area contributed by atoms with Crippen LogP contribution in [0.2, 0.25) is 0 Å². The molecule has 1 saturated heterocycles. The molecule has 3 nitrogen and oxygen atoms in total. The van der Waals surface area contributed by atoms with Crippen LogP contribution in [-0.2, 0) is 0 Å². The predicted octanol–water partition coefficient (Wildman–Crippen LogP) is 2.41. The van der Waals surface area contributed by atoms with E-state index in [0.717, 1.165) is 31.3 Å². The number of furan rings is 1. The van der Waals surface area contributed by atoms with Crippen molar-refractivity contribution in [3.63, 3.8) is 0 Å². The maximum absolute atomic E-state index is 5.53. The molecule has 94 valence electrons. The van der Waals surface area contributed by atoms with Gasteiger partial charge in [0.05, 0.1) is 12.3 Å². The van der Waals surface area contributed by atoms with Crippen molar-refractivity contribution in [2.75, 3.05) is 19.6 Å². The van der Waals surface area contributed by atoms with Gasteiger partial charge >= 0.3 is 0 Å². The SMILES string of the molecule is CC(c1ccco1)N1CCNC(C)(C2CC2)C1. The van der Waals surface area contributed by atoms with Gasteiger partial charge in [0.15, 0.2) is 0 Å². The molecular formula is C14H22N2O. The molecule has 0 aromatic carbocycles. The summed E-state index contributed by atoms with van der Waals surface area (Å²) in [6, 6.07) is 4.46. The molecule has 2 aliphatic rings. The summed E-state index contributed by atoms with van der Waals surface area (Å²) in [6.07, 6.45) is 4.56. The summed E-state index contributed by atoms with van der Waals surface area (Å²) in [5.74, 6) is 1.97. The van der Waals surface area contributed by atoms with Gasteiger partial charge in [-0.3, -0.25) is 4.90 Å². The zero-order valence-corrected chi connectivity index (χ0v) is 10.8. The van der Waals surface area contributed by atoms with Crippen LogP contribution in [0.1, 0.15) is 38.5 Å². The van der Waals surface area contributed by atoms with Gasteiger partial charge in [-0.1, -0.05) is 0 Å². The standard InChI is InChI=1S/C14H22N2O/c1-11(13-4-3-9-17-13)16-8-7-15-14(2,10-16)12-5-6-12/h3-4,9,11-12,15H,5-8,10H2,1-2H3. The minimum absolute atomic E-state index is 0.319. The van der Waals surface area contributed by atoms with Crippen molar-refractivity contribution >= 4 is 0 Å². The van der Waals surface area contributed by atoms with Gasteiger partial charge in [0.1, 0.15) is 5.76 Å². The number of nitrogens with one attached hydrogen (secondary N) is 1. The van der Waals surface area contributed by atoms with Crippen LogP contribution in [0.4, 0.5) is 0 Å². The van der Waals surface area contributed by atoms with Crippen LogP contribution in [0.3, 0.4) is 0 Å². The Balaban J connectivity index is 1.71. The minimum Gasteiger partial charge on any atom is -0.468 e. The Morgan fingerprint density at radius 3 is 3.00 bits per heavy atom. The van der Waals surface area contributed by atoms with Crippen molar-refractivity contribution in [1.29, 1.82) is 0 Å². The number of nitrogens with zero attached hydrogens (tertiary/aromatic N) is 1. The van der Waals surface area contributed by atoms with Crippen molar-refractivity contribution < 1.29 is 4.42 Å². The molecule has 2 unspecified atom stereocenters. The van der Waals surface area contributed by atoms with E-state index < -0.39 is 0 Å². The van der Waals surface area contributed by atoms with Crippen molar-refractivity contribution in [3.05, 3.63) is 24.2 Å². The van der Waals surface area contributed by atoms with E-state index in [1.807, 2.05) is 6.07 Å². The first kappa shape index (κ1) is 11.3. The molecule has 1 aliphatic heterocycles. The van der Waals surface area contributed by atoms with Crippen molar-refractivity contribution in [2.24, 2.45) is 5.92 Å². The first-order valence-electron chi connectivity index (χ1n) is 6.71. The highest BCUT2D eigenvalue weighted by atomic mass is 16.3. The lowest BCUT2D eigenvalue weighted by Gasteiger charge is -2.44. The Kier molecular flexibility index (Phi) is 2.75. The maximum atomic E-state index is 5.53. The van der Waals surface area contributed by atoms with Gasteiger partial charge in [-0.2, -0.15) is 0 Å². The fourth-order valence-corrected chi connectivity index (χ4v) is 3.08. The molecule has 1 N–H and O–H groups in total. The topological polar surface area (TPSA) is 28.4 Å². The molecule has 1 saturated carbocycles. The van der Waals surface area contributed by atoms with Crippen LogP contribution in [0, 0.1) is 5.92 Å². The van der Waals surface area contributed by atoms with Crippen molar-refractivity contribution in [1.82, 2.24) is 10.2 Å². The zero-order valence-electron chi connectivity index (χ0n) is 10.8. The van der Waals surface area contributed by atoms with Gasteiger partial charge in [-0.15, -0.1) is 0 Å². The molecule has 1 aromatic rings. The molecule has 0 spiro atoms. The summed E-state index contributed by atoms with van der Waals surface area (Å²) in [7, 11) is 0. The van der Waals surface area contributed by atoms with Crippen LogP contribution in [0.25, 0.3) is 0 Å². The third-order valence-corrected chi connectivity index (χ3v) is 4.44. The zero-order chi connectivity index (χ0) is 11.9. The molecule has 1 aromatic heterocycles. The first-order chi connectivity index (χ1) is 8.19. The van der Waals surface area contributed by atoms with E-state index in [-0.39, 0.29) is 0 Å². The second-order valence-electron chi connectivity index (χ2n) is 5.78. The normalized spacial score (nSPS) is 32.6. The second kappa shape index (κ2) is 4.14. The second-order valence-corrected chi connectivity index (χ2v) is 5.78. The third-order valence-electron chi connectivity index (χ3n) is 4.44. The van der Waals surface area contributed by atoms with Gasteiger partial charge in [-0.05, 0) is 44.7 Å². The van der Waals surface area contributed by atoms with E-state index in [9.17, 15) is 0 Å². The lowest BCUT2D eigenvalue weighted by molar-refractivity contribution is 0.0857. The minimum atomic E-state index is 0.319. The van der Waals surface area contributed by atoms with E-state index in [1.165, 1.54) is 12.8 Å². The molecule has 2 fully saturated rings. The molecule has 2 heterocycles. The summed E-state index contributed by atoms with van der Waals surface area (Å²) >= 11 is 0. The average molecular weight is 234 g/mol. The van der Waals surface area contributed by atoms with E-state index in [2.05, 4.69) is 30.1 Å². The van der Waals surface area contributed by atoms with Crippen LogP contribution < -0.4 is 5.32 Å². The fraction of sp³-hybridized carbons (Fsp3) is 0.714. The monoisotopic (exact) mass is 234 g/mol. The van der Waals surface area contributed by atoms with E-state index in [0.29, 0.717) is 11.6 Å². The summed E-state index contributed by atoms with van der Waals surface area (Å²) in [5, 5.41) is 3.72. The van der Waals surface area contributed by atoms with Crippen molar-refractivity contribution in [2.45, 2.75) is 38.3 Å². The summed E-state index contributed by atoms with van der Waals surface area (Å²) < 4.78 is 5.53. The molecule has 2 atom stereocenters. The lowest BCUT2D eigenvalue weighted by Crippen LogP contribution is -2.60. The average Bonchev–Trinajstić information content (AvgIpc) is 3.06. The molecular weight excluding hydrogens is 212 g/mol. The Labute approximate surface area is 103 Å². The largest absolute Gasteiger partial charge is 0.468 e. The van der Waals surface area contributed by atoms with E-state index in [1.54, 1.807) is 6.26 Å². The van der Waals surface area contributed by atoms with Gasteiger partial charge in [0, 0.05) is 25.2 Å². The van der Waals surface area contributed by atoms with Crippen LogP contribution in [0.15, 0.2) is 22.8 Å². The summed E-state index contributed by atoms with van der Waals surface area (Å²) in [5.41, 5.74) is 0.319. The van der Waals surface area contributed by atoms with Crippen molar-refractivity contribution in [3.8, 4) is 0 Å². The molecule has 17 heavy (non-hydrogen) atoms. The van der Waals surface area contributed by atoms with Crippen LogP contribution in [0.5, 0.6) is 0 Å². The van der Waals surface area contributed by atoms with Gasteiger partial charge < -0.3 is 9.73 Å². The summed E-state index contributed by atoms with van der Waals surface area (Å²) in [6.45, 7) is 7.98. The molecule has 0 radical (unpaired) electrons. The highest BCUT2D eigenvalue weighted by Gasteiger charge is 2.44. The number of piperazine rings is 1. The smallest absolute Gasteiger partial charge is 0.120 e. The van der Waals surface area contributed by atoms with Gasteiger partial charge in [-0.25, -0.2) is 0 Å². The summed E-state index contributed by atoms with van der Waals surface area (Å²) in [4.78, 5) is 2.55. The Bertz CT molecular complexity index is 372. The highest BCUT2D eigenvalue weighted by molar-refractivity contribution is 5.07. The predicted molar refractivity (Wildman–Crippen MR) is 67.8 cm³/mol. The number of rotatable bonds is 3. The Morgan fingerprint density at radius 1 is 1.53 bits per heavy atom. The Hall–Kier alpha value is -0.800. The molecule has 0 amide bonds. The first-order valence-corrected chi connectivity index (χ1v) is 6.71. The van der Waals surface area contributed by atoms with Crippen LogP contribution in [-0.4, -0.2) is 30.1 Å². The molecule has 1 aliphatic carbocycles. The lowest BCUT2D eigenvalue weighted by atomic mass is 9.92. The van der Waals surface area contributed by atoms with E-state index in [4.69, 9.17) is 4.42 Å². The number of hydrogen-bond acceptors (Lipinski definition) is 3. The van der Waals surface area contributed by atoms with Crippen LogP contribution >= 0.6 is 0 Å². The fourth-order valence-electron chi connectivity index (χ4n) is 3.08. The quantitative estimate of drug-likeness (QED) is 0.870. The van der Waals surface area contributed by atoms with Gasteiger partial charge in [0.2, 0.25) is 0 Å². The van der Waals surface area contributed by atoms with E-state index >= 15 is 0 Å².